The van der Waals surface area contributed by atoms with E-state index in [1.807, 2.05) is 0 Å². The molecular weight excluding hydrogens is 319 g/mol. The van der Waals surface area contributed by atoms with Gasteiger partial charge in [-0.2, -0.15) is 13.2 Å². The molecule has 0 aliphatic heterocycles. The zero-order chi connectivity index (χ0) is 15.6. The number of carbonyl (C=O) groups is 1. The van der Waals surface area contributed by atoms with Gasteiger partial charge in [0.15, 0.2) is 0 Å². The van der Waals surface area contributed by atoms with Crippen LogP contribution in [0.3, 0.4) is 0 Å². The Balaban J connectivity index is 3.08. The summed E-state index contributed by atoms with van der Waals surface area (Å²) in [7, 11) is 1.08. The van der Waals surface area contributed by atoms with Crippen molar-refractivity contribution in [3.63, 3.8) is 0 Å². The van der Waals surface area contributed by atoms with Gasteiger partial charge in [-0.05, 0) is 25.1 Å². The largest absolute Gasteiger partial charge is 0.406 e. The Morgan fingerprint density at radius 1 is 1.35 bits per heavy atom. The lowest BCUT2D eigenvalue weighted by atomic mass is 10.2. The van der Waals surface area contributed by atoms with Crippen molar-refractivity contribution in [1.82, 2.24) is 4.90 Å². The second-order valence-electron chi connectivity index (χ2n) is 3.90. The van der Waals surface area contributed by atoms with E-state index in [0.717, 1.165) is 12.1 Å². The number of hydrogen-bond acceptors (Lipinski definition) is 3. The number of hydrogen-bond donors (Lipinski definition) is 0. The van der Waals surface area contributed by atoms with Gasteiger partial charge < -0.3 is 4.90 Å². The Morgan fingerprint density at radius 2 is 1.95 bits per heavy atom. The van der Waals surface area contributed by atoms with E-state index < -0.39 is 27.7 Å². The molecule has 0 saturated heterocycles. The SMILES string of the molecule is CCN(CC(F)(F)F)C(=O)c1cccc(S(=O)(=O)Cl)c1. The monoisotopic (exact) mass is 329 g/mol. The third kappa shape index (κ3) is 4.68. The molecule has 0 aromatic heterocycles. The minimum Gasteiger partial charge on any atom is -0.330 e. The summed E-state index contributed by atoms with van der Waals surface area (Å²) in [4.78, 5) is 12.2. The summed E-state index contributed by atoms with van der Waals surface area (Å²) in [6.45, 7) is -0.165. The number of alkyl halides is 3. The molecule has 0 heterocycles. The lowest BCUT2D eigenvalue weighted by molar-refractivity contribution is -0.140. The van der Waals surface area contributed by atoms with Gasteiger partial charge in [-0.15, -0.1) is 0 Å². The minimum atomic E-state index is -4.53. The average Bonchev–Trinajstić information content (AvgIpc) is 2.33. The van der Waals surface area contributed by atoms with Crippen LogP contribution in [0.4, 0.5) is 13.2 Å². The molecule has 0 radical (unpaired) electrons. The molecule has 0 unspecified atom stereocenters. The molecule has 0 saturated carbocycles. The highest BCUT2D eigenvalue weighted by molar-refractivity contribution is 8.13. The Morgan fingerprint density at radius 3 is 2.40 bits per heavy atom. The minimum absolute atomic E-state index is 0.157. The molecule has 0 fully saturated rings. The second kappa shape index (κ2) is 6.01. The number of nitrogens with zero attached hydrogens (tertiary/aromatic N) is 1. The van der Waals surface area contributed by atoms with Gasteiger partial charge in [-0.3, -0.25) is 4.79 Å². The molecule has 1 aromatic rings. The first kappa shape index (κ1) is 16.8. The Kier molecular flexibility index (Phi) is 5.04. The van der Waals surface area contributed by atoms with Crippen LogP contribution in [0.15, 0.2) is 29.2 Å². The number of amides is 1. The van der Waals surface area contributed by atoms with Crippen LogP contribution in [0, 0.1) is 0 Å². The quantitative estimate of drug-likeness (QED) is 0.798. The fraction of sp³-hybridized carbons (Fsp3) is 0.364. The van der Waals surface area contributed by atoms with E-state index in [1.165, 1.54) is 19.1 Å². The van der Waals surface area contributed by atoms with Gasteiger partial charge in [-0.25, -0.2) is 8.42 Å². The molecule has 1 aromatic carbocycles. The summed E-state index contributed by atoms with van der Waals surface area (Å²) in [6.07, 6.45) is -4.53. The maximum absolute atomic E-state index is 12.3. The predicted octanol–water partition coefficient (Wildman–Crippen LogP) is 2.64. The van der Waals surface area contributed by atoms with E-state index in [4.69, 9.17) is 10.7 Å². The molecule has 20 heavy (non-hydrogen) atoms. The second-order valence-corrected chi connectivity index (χ2v) is 6.47. The normalized spacial score (nSPS) is 12.2. The van der Waals surface area contributed by atoms with Gasteiger partial charge in [0.05, 0.1) is 4.90 Å². The Labute approximate surface area is 118 Å². The zero-order valence-corrected chi connectivity index (χ0v) is 11.9. The van der Waals surface area contributed by atoms with Crippen LogP contribution in [-0.2, 0) is 9.05 Å². The van der Waals surface area contributed by atoms with Gasteiger partial charge in [0.25, 0.3) is 15.0 Å². The molecule has 1 rings (SSSR count). The number of carbonyl (C=O) groups excluding carboxylic acids is 1. The summed E-state index contributed by atoms with van der Waals surface area (Å²) in [6, 6.07) is 4.57. The van der Waals surface area contributed by atoms with Crippen LogP contribution in [-0.4, -0.2) is 38.5 Å². The summed E-state index contributed by atoms with van der Waals surface area (Å²) >= 11 is 0. The molecule has 1 amide bonds. The van der Waals surface area contributed by atoms with Crippen LogP contribution in [0.1, 0.15) is 17.3 Å². The summed E-state index contributed by atoms with van der Waals surface area (Å²) < 4.78 is 59.3. The maximum atomic E-state index is 12.3. The fourth-order valence-electron chi connectivity index (χ4n) is 1.51. The molecule has 0 aliphatic carbocycles. The van der Waals surface area contributed by atoms with Crippen LogP contribution < -0.4 is 0 Å². The first-order chi connectivity index (χ1) is 9.04. The van der Waals surface area contributed by atoms with Crippen LogP contribution in [0.25, 0.3) is 0 Å². The van der Waals surface area contributed by atoms with E-state index in [1.54, 1.807) is 0 Å². The molecule has 0 aliphatic rings. The molecule has 0 N–H and O–H groups in total. The lowest BCUT2D eigenvalue weighted by Crippen LogP contribution is -2.38. The van der Waals surface area contributed by atoms with Crippen LogP contribution in [0.2, 0.25) is 0 Å². The third-order valence-electron chi connectivity index (χ3n) is 2.40. The third-order valence-corrected chi connectivity index (χ3v) is 3.75. The number of halogens is 4. The molecule has 4 nitrogen and oxygen atoms in total. The van der Waals surface area contributed by atoms with E-state index in [-0.39, 0.29) is 17.0 Å². The van der Waals surface area contributed by atoms with Crippen molar-refractivity contribution in [3.05, 3.63) is 29.8 Å². The predicted molar refractivity (Wildman–Crippen MR) is 67.1 cm³/mol. The highest BCUT2D eigenvalue weighted by Crippen LogP contribution is 2.20. The van der Waals surface area contributed by atoms with Crippen LogP contribution in [0.5, 0.6) is 0 Å². The Bertz CT molecular complexity index is 601. The summed E-state index contributed by atoms with van der Waals surface area (Å²) in [5.41, 5.74) is -0.169. The molecule has 112 valence electrons. The van der Waals surface area contributed by atoms with Crippen molar-refractivity contribution in [2.75, 3.05) is 13.1 Å². The van der Waals surface area contributed by atoms with Gasteiger partial charge in [-0.1, -0.05) is 6.07 Å². The smallest absolute Gasteiger partial charge is 0.330 e. The van der Waals surface area contributed by atoms with Gasteiger partial charge >= 0.3 is 6.18 Å². The van der Waals surface area contributed by atoms with Crippen molar-refractivity contribution < 1.29 is 26.4 Å². The lowest BCUT2D eigenvalue weighted by Gasteiger charge is -2.22. The molecule has 0 atom stereocenters. The highest BCUT2D eigenvalue weighted by Gasteiger charge is 2.32. The summed E-state index contributed by atoms with van der Waals surface area (Å²) in [5.74, 6) is -0.910. The molecule has 0 spiro atoms. The van der Waals surface area contributed by atoms with E-state index in [0.29, 0.717) is 4.90 Å². The van der Waals surface area contributed by atoms with Crippen LogP contribution >= 0.6 is 10.7 Å². The first-order valence-electron chi connectivity index (χ1n) is 5.45. The van der Waals surface area contributed by atoms with Crippen molar-refractivity contribution in [3.8, 4) is 0 Å². The van der Waals surface area contributed by atoms with Gasteiger partial charge in [0.1, 0.15) is 6.54 Å². The number of rotatable bonds is 4. The van der Waals surface area contributed by atoms with E-state index >= 15 is 0 Å². The molecule has 0 bridgehead atoms. The first-order valence-corrected chi connectivity index (χ1v) is 7.76. The van der Waals surface area contributed by atoms with Gasteiger partial charge in [0, 0.05) is 22.8 Å². The van der Waals surface area contributed by atoms with Gasteiger partial charge in [0.2, 0.25) is 0 Å². The molecule has 9 heteroatoms. The molecular formula is C11H11ClF3NO3S. The Hall–Kier alpha value is -1.28. The van der Waals surface area contributed by atoms with E-state index in [9.17, 15) is 26.4 Å². The average molecular weight is 330 g/mol. The van der Waals surface area contributed by atoms with Crippen molar-refractivity contribution >= 4 is 25.6 Å². The zero-order valence-electron chi connectivity index (χ0n) is 10.3. The van der Waals surface area contributed by atoms with Crippen molar-refractivity contribution in [1.29, 1.82) is 0 Å². The number of benzene rings is 1. The van der Waals surface area contributed by atoms with Crippen molar-refractivity contribution in [2.24, 2.45) is 0 Å². The maximum Gasteiger partial charge on any atom is 0.406 e. The standard InChI is InChI=1S/C11H11ClF3NO3S/c1-2-16(7-11(13,14)15)10(17)8-4-3-5-9(6-8)20(12,18)19/h3-6H,2,7H2,1H3. The summed E-state index contributed by atoms with van der Waals surface area (Å²) in [5, 5.41) is 0. The highest BCUT2D eigenvalue weighted by atomic mass is 35.7. The van der Waals surface area contributed by atoms with E-state index in [2.05, 4.69) is 0 Å². The topological polar surface area (TPSA) is 54.5 Å². The fourth-order valence-corrected chi connectivity index (χ4v) is 2.30. The van der Waals surface area contributed by atoms with Crippen molar-refractivity contribution in [2.45, 2.75) is 18.0 Å².